The lowest BCUT2D eigenvalue weighted by Gasteiger charge is -2.70. The maximum absolute atomic E-state index is 11.9. The number of esters is 1. The first kappa shape index (κ1) is 39.4. The number of rotatable bonds is 15. The Bertz CT molecular complexity index is 2780. The van der Waals surface area contributed by atoms with Gasteiger partial charge in [0.25, 0.3) is 0 Å². The lowest BCUT2D eigenvalue weighted by atomic mass is 9.35. The predicted octanol–water partition coefficient (Wildman–Crippen LogP) is 8.68. The van der Waals surface area contributed by atoms with Crippen LogP contribution in [0.4, 0.5) is 11.6 Å². The van der Waals surface area contributed by atoms with Gasteiger partial charge in [0.05, 0.1) is 46.6 Å². The summed E-state index contributed by atoms with van der Waals surface area (Å²) in [4.78, 5) is 25.0. The number of nitrogens with one attached hydrogen (secondary N) is 1. The molecule has 3 aromatic carbocycles. The molecule has 0 saturated heterocycles. The number of nitrogen functional groups attached to an aromatic ring is 1. The van der Waals surface area contributed by atoms with Crippen molar-refractivity contribution in [3.05, 3.63) is 115 Å². The molecule has 6 aliphatic rings. The van der Waals surface area contributed by atoms with Crippen molar-refractivity contribution in [1.82, 2.24) is 19.4 Å². The molecule has 6 saturated carbocycles. The summed E-state index contributed by atoms with van der Waals surface area (Å²) >= 11 is 0. The highest BCUT2D eigenvalue weighted by molar-refractivity contribution is 5.96. The van der Waals surface area contributed by atoms with Gasteiger partial charge >= 0.3 is 5.97 Å². The van der Waals surface area contributed by atoms with Gasteiger partial charge in [0, 0.05) is 93.0 Å². The van der Waals surface area contributed by atoms with E-state index in [1.807, 2.05) is 95.7 Å². The summed E-state index contributed by atoms with van der Waals surface area (Å²) in [6.07, 6.45) is 15.3. The third-order valence-corrected chi connectivity index (χ3v) is 13.5. The second-order valence-electron chi connectivity index (χ2n) is 17.8. The van der Waals surface area contributed by atoms with Crippen LogP contribution in [-0.2, 0) is 16.1 Å². The summed E-state index contributed by atoms with van der Waals surface area (Å²) in [5.41, 5.74) is 8.39. The molecule has 13 rings (SSSR count). The molecule has 62 heavy (non-hydrogen) atoms. The highest BCUT2D eigenvalue weighted by Gasteiger charge is 2.72. The number of pyridine rings is 3. The minimum absolute atomic E-state index is 0.0789. The van der Waals surface area contributed by atoms with Crippen molar-refractivity contribution in [1.29, 1.82) is 0 Å². The molecular weight excluding hydrogens is 785 g/mol. The molecule has 318 valence electrons. The van der Waals surface area contributed by atoms with Gasteiger partial charge in [-0.3, -0.25) is 4.79 Å². The van der Waals surface area contributed by atoms with Crippen molar-refractivity contribution < 1.29 is 33.2 Å². The lowest BCUT2D eigenvalue weighted by molar-refractivity contribution is -0.233. The largest absolute Gasteiger partial charge is 0.497 e. The predicted molar refractivity (Wildman–Crippen MR) is 236 cm³/mol. The number of ether oxygens (including phenoxy) is 6. The van der Waals surface area contributed by atoms with Crippen LogP contribution in [0, 0.1) is 21.7 Å². The zero-order valence-corrected chi connectivity index (χ0v) is 35.2. The zero-order chi connectivity index (χ0) is 42.5. The van der Waals surface area contributed by atoms with Gasteiger partial charge in [-0.2, -0.15) is 0 Å². The van der Waals surface area contributed by atoms with E-state index in [9.17, 15) is 4.79 Å². The number of carbonyl (C=O) groups is 1. The molecule has 0 radical (unpaired) electrons. The van der Waals surface area contributed by atoms with E-state index in [0.717, 1.165) is 99.8 Å². The van der Waals surface area contributed by atoms with Crippen LogP contribution in [0.25, 0.3) is 27.2 Å². The molecule has 13 nitrogen and oxygen atoms in total. The van der Waals surface area contributed by atoms with Gasteiger partial charge in [-0.25, -0.2) is 15.0 Å². The highest BCUT2D eigenvalue weighted by atomic mass is 16.5. The first-order valence-electron chi connectivity index (χ1n) is 21.0. The van der Waals surface area contributed by atoms with Gasteiger partial charge in [0.2, 0.25) is 0 Å². The molecule has 0 spiro atoms. The van der Waals surface area contributed by atoms with Crippen LogP contribution < -0.4 is 34.7 Å². The van der Waals surface area contributed by atoms with Crippen molar-refractivity contribution in [3.63, 3.8) is 0 Å². The summed E-state index contributed by atoms with van der Waals surface area (Å²) in [7, 11) is 4.75. The summed E-state index contributed by atoms with van der Waals surface area (Å²) < 4.78 is 36.3. The molecule has 13 heteroatoms. The standard InChI is InChI=1S/C26H28N2O5.C23H22N4O2/c1-30-18-8-7-17(22(11-18)31-2)12-28-23-20-5-4-6-21(19(20)9-10-27-23)33-16-25-13-26(14-25,15-25)24(29)32-3;24-21-18-2-1-3-19(17(18)4-6-26-21)29-15-23-11-22(12-23,13-23)14-28-16-5-8-27-9-7-25-20(27)10-16/h4-11H,12-16H2,1-3H3,(H,27,28);1-10H,11-15H2,(H2,24,26). The fourth-order valence-corrected chi connectivity index (χ4v) is 10.7. The Morgan fingerprint density at radius 1 is 0.645 bits per heavy atom. The van der Waals surface area contributed by atoms with Crippen LogP contribution in [-0.4, -0.2) is 66.5 Å². The zero-order valence-electron chi connectivity index (χ0n) is 35.2. The van der Waals surface area contributed by atoms with Gasteiger partial charge in [-0.05, 0) is 81.0 Å². The Labute approximate surface area is 359 Å². The van der Waals surface area contributed by atoms with Gasteiger partial charge in [0.15, 0.2) is 0 Å². The molecule has 0 amide bonds. The number of benzene rings is 3. The molecule has 4 aromatic heterocycles. The quantitative estimate of drug-likeness (QED) is 0.0951. The number of fused-ring (bicyclic) bond motifs is 3. The molecule has 4 bridgehead atoms. The maximum Gasteiger partial charge on any atom is 0.311 e. The summed E-state index contributed by atoms with van der Waals surface area (Å²) in [5.74, 6) is 5.37. The lowest BCUT2D eigenvalue weighted by Crippen LogP contribution is -2.67. The molecule has 4 heterocycles. The van der Waals surface area contributed by atoms with Crippen LogP contribution in [0.15, 0.2) is 110 Å². The van der Waals surface area contributed by atoms with E-state index >= 15 is 0 Å². The molecule has 6 fully saturated rings. The van der Waals surface area contributed by atoms with E-state index in [1.165, 1.54) is 26.4 Å². The van der Waals surface area contributed by atoms with Crippen LogP contribution >= 0.6 is 0 Å². The number of hydrogen-bond donors (Lipinski definition) is 2. The Balaban J connectivity index is 0.000000149. The van der Waals surface area contributed by atoms with Crippen LogP contribution in [0.2, 0.25) is 0 Å². The first-order chi connectivity index (χ1) is 30.1. The minimum Gasteiger partial charge on any atom is -0.497 e. The van der Waals surface area contributed by atoms with Crippen molar-refractivity contribution >= 4 is 44.8 Å². The number of nitrogens with zero attached hydrogens (tertiary/aromatic N) is 4. The normalized spacial score (nSPS) is 23.7. The number of carbonyl (C=O) groups excluding carboxylic acids is 1. The molecule has 7 aromatic rings. The van der Waals surface area contributed by atoms with E-state index in [2.05, 4.69) is 20.3 Å². The van der Waals surface area contributed by atoms with Gasteiger partial charge in [-0.1, -0.05) is 24.3 Å². The molecule has 0 unspecified atom stereocenters. The first-order valence-corrected chi connectivity index (χ1v) is 21.0. The van der Waals surface area contributed by atoms with Crippen LogP contribution in [0.1, 0.15) is 44.1 Å². The monoisotopic (exact) mass is 834 g/mol. The second-order valence-corrected chi connectivity index (χ2v) is 17.8. The van der Waals surface area contributed by atoms with Crippen molar-refractivity contribution in [3.8, 4) is 28.7 Å². The maximum atomic E-state index is 11.9. The summed E-state index contributed by atoms with van der Waals surface area (Å²) in [6, 6.07) is 25.7. The third-order valence-electron chi connectivity index (χ3n) is 13.5. The third kappa shape index (κ3) is 6.98. The number of methoxy groups -OCH3 is 3. The number of imidazole rings is 1. The molecule has 0 atom stereocenters. The average molecular weight is 835 g/mol. The SMILES string of the molecule is COC(=O)C12CC(COc3cccc4c(NCc5ccc(OC)cc5OC)nccc34)(C1)C2.Nc1nccc2c(OCC34CC(COc5ccn6ccnc6c5)(C3)C4)cccc12. The number of anilines is 2. The van der Waals surface area contributed by atoms with Gasteiger partial charge < -0.3 is 43.9 Å². The Kier molecular flexibility index (Phi) is 9.72. The highest BCUT2D eigenvalue weighted by Crippen LogP contribution is 2.74. The molecular formula is C49H50N6O7. The Hall–Kier alpha value is -6.76. The fraction of sp³-hybridized carbons (Fsp3) is 0.347. The van der Waals surface area contributed by atoms with Gasteiger partial charge in [0.1, 0.15) is 46.0 Å². The van der Waals surface area contributed by atoms with Crippen molar-refractivity contribution in [2.45, 2.75) is 45.1 Å². The minimum atomic E-state index is -0.250. The van der Waals surface area contributed by atoms with E-state index in [4.69, 9.17) is 34.2 Å². The summed E-state index contributed by atoms with van der Waals surface area (Å²) in [6.45, 7) is 2.68. The van der Waals surface area contributed by atoms with E-state index in [0.29, 0.717) is 29.8 Å². The summed E-state index contributed by atoms with van der Waals surface area (Å²) in [5, 5.41) is 7.40. The van der Waals surface area contributed by atoms with E-state index < -0.39 is 0 Å². The Morgan fingerprint density at radius 2 is 1.31 bits per heavy atom. The molecule has 6 aliphatic carbocycles. The second kappa shape index (κ2) is 15.3. The fourth-order valence-electron chi connectivity index (χ4n) is 10.7. The van der Waals surface area contributed by atoms with E-state index in [1.54, 1.807) is 32.8 Å². The number of hydrogen-bond acceptors (Lipinski definition) is 12. The smallest absolute Gasteiger partial charge is 0.311 e. The molecule has 0 aliphatic heterocycles. The van der Waals surface area contributed by atoms with Crippen LogP contribution in [0.3, 0.4) is 0 Å². The number of aromatic nitrogens is 4. The van der Waals surface area contributed by atoms with Gasteiger partial charge in [-0.15, -0.1) is 0 Å². The van der Waals surface area contributed by atoms with Crippen molar-refractivity contribution in [2.75, 3.05) is 52.2 Å². The topological polar surface area (TPSA) is 154 Å². The van der Waals surface area contributed by atoms with Crippen molar-refractivity contribution in [2.24, 2.45) is 21.7 Å². The van der Waals surface area contributed by atoms with Crippen LogP contribution in [0.5, 0.6) is 28.7 Å². The van der Waals surface area contributed by atoms with E-state index in [-0.39, 0.29) is 16.8 Å². The Morgan fingerprint density at radius 3 is 2.00 bits per heavy atom. The average Bonchev–Trinajstić information content (AvgIpc) is 3.72. The number of nitrogens with two attached hydrogens (primary N) is 1. The molecule has 3 N–H and O–H groups in total.